The van der Waals surface area contributed by atoms with Gasteiger partial charge in [-0.2, -0.15) is 0 Å². The quantitative estimate of drug-likeness (QED) is 0.0358. The second kappa shape index (κ2) is 34.4. The first-order valence-electron chi connectivity index (χ1n) is 34.8. The van der Waals surface area contributed by atoms with Crippen LogP contribution in [0.2, 0.25) is 10.0 Å². The maximum absolute atomic E-state index is 13.6. The van der Waals surface area contributed by atoms with Crippen molar-refractivity contribution in [2.75, 3.05) is 76.6 Å². The molecule has 2 amide bonds. The zero-order valence-corrected chi connectivity index (χ0v) is 59.8. The Morgan fingerprint density at radius 2 is 1.03 bits per heavy atom. The molecule has 2 spiro atoms. The van der Waals surface area contributed by atoms with Gasteiger partial charge in [0.05, 0.1) is 47.3 Å². The first-order valence-corrected chi connectivity index (χ1v) is 38.7. The fourth-order valence-corrected chi connectivity index (χ4v) is 18.4. The fraction of sp³-hybridized carbons (Fsp3) is 0.553. The number of hydrogen-bond acceptors (Lipinski definition) is 14. The molecular formula is C76H102Cl2N4O12S2. The number of aryl methyl sites for hydroxylation is 2. The van der Waals surface area contributed by atoms with Gasteiger partial charge < -0.3 is 39.0 Å². The normalized spacial score (nSPS) is 23.4. The molecule has 2 fully saturated rings. The number of amides is 2. The van der Waals surface area contributed by atoms with E-state index in [1.165, 1.54) is 36.5 Å². The van der Waals surface area contributed by atoms with Crippen molar-refractivity contribution in [1.29, 1.82) is 0 Å². The van der Waals surface area contributed by atoms with Crippen molar-refractivity contribution >= 4 is 66.4 Å². The van der Waals surface area contributed by atoms with Crippen molar-refractivity contribution in [1.82, 2.24) is 9.44 Å². The number of fused-ring (bicyclic) bond motifs is 6. The van der Waals surface area contributed by atoms with Gasteiger partial charge in [-0.1, -0.05) is 98.5 Å². The van der Waals surface area contributed by atoms with Crippen molar-refractivity contribution in [3.05, 3.63) is 166 Å². The summed E-state index contributed by atoms with van der Waals surface area (Å²) in [5.41, 5.74) is 6.42. The van der Waals surface area contributed by atoms with Gasteiger partial charge in [-0.25, -0.2) is 26.3 Å². The van der Waals surface area contributed by atoms with Gasteiger partial charge in [0.1, 0.15) is 11.5 Å². The predicted molar refractivity (Wildman–Crippen MR) is 385 cm³/mol. The fourth-order valence-electron chi connectivity index (χ4n) is 15.3. The number of aliphatic hydroxyl groups excluding tert-OH is 2. The van der Waals surface area contributed by atoms with Crippen molar-refractivity contribution < 1.29 is 55.6 Å². The van der Waals surface area contributed by atoms with Crippen molar-refractivity contribution in [2.24, 2.45) is 23.7 Å². The molecule has 20 heteroatoms. The number of nitrogens with zero attached hydrogens (tertiary/aromatic N) is 2. The van der Waals surface area contributed by atoms with Gasteiger partial charge >= 0.3 is 0 Å². The Morgan fingerprint density at radius 1 is 0.615 bits per heavy atom. The molecule has 10 rings (SSSR count). The van der Waals surface area contributed by atoms with Crippen molar-refractivity contribution in [3.63, 3.8) is 0 Å². The molecular weight excluding hydrogens is 1300 g/mol. The van der Waals surface area contributed by atoms with Crippen LogP contribution in [0.5, 0.6) is 11.5 Å². The van der Waals surface area contributed by atoms with Gasteiger partial charge in [0.2, 0.25) is 20.0 Å². The van der Waals surface area contributed by atoms with Gasteiger partial charge in [-0.3, -0.25) is 9.59 Å². The molecule has 2 saturated carbocycles. The van der Waals surface area contributed by atoms with Crippen molar-refractivity contribution in [3.8, 4) is 11.5 Å². The summed E-state index contributed by atoms with van der Waals surface area (Å²) >= 11 is 12.8. The molecule has 4 aromatic carbocycles. The lowest BCUT2D eigenvalue weighted by atomic mass is 9.68. The first-order chi connectivity index (χ1) is 46.2. The van der Waals surface area contributed by atoms with E-state index in [9.17, 15) is 36.6 Å². The van der Waals surface area contributed by atoms with Gasteiger partial charge in [-0.05, 0) is 222 Å². The van der Waals surface area contributed by atoms with E-state index >= 15 is 0 Å². The second-order valence-corrected chi connectivity index (χ2v) is 32.3. The number of hydrogen-bond donors (Lipinski definition) is 4. The number of allylic oxidation sites excluding steroid dienone is 4. The standard InChI is InChI=1S/2C38H51ClN2O6S/c2*1-4-6-8-12-35(42)32-16-13-29(32)24-41-25-38(20-9-10-27-22-30(39)15-17-33(27)38)26-47-36-18-14-28(23-34(36)41)37(43)40-48(44,45)31(11-7-5-2)19-21-46-3/h2*5,8,12,14-15,17-18,22-23,29,31-32,35,42H,2,4,6-7,9-11,13,16,19-21,24-26H2,1,3H3,(H,40,43)/b2*12-8+/t29-,31+,32+,35-,38-;29-,31-,32+,35-,38-/m00/s1. The highest BCUT2D eigenvalue weighted by Gasteiger charge is 2.47. The molecule has 4 aliphatic carbocycles. The molecule has 96 heavy (non-hydrogen) atoms. The molecule has 6 aliphatic rings. The number of aliphatic hydroxyl groups is 2. The minimum atomic E-state index is -3.97. The number of carbonyl (C=O) groups excluding carboxylic acids is 2. The summed E-state index contributed by atoms with van der Waals surface area (Å²) < 4.78 is 81.6. The van der Waals surface area contributed by atoms with Gasteiger partial charge in [0.25, 0.3) is 11.8 Å². The van der Waals surface area contributed by atoms with Crippen LogP contribution in [0.4, 0.5) is 11.4 Å². The Bertz CT molecular complexity index is 3390. The Balaban J connectivity index is 0.000000225. The van der Waals surface area contributed by atoms with Crippen molar-refractivity contribution in [2.45, 2.75) is 176 Å². The van der Waals surface area contributed by atoms with Gasteiger partial charge in [-0.15, -0.1) is 13.2 Å². The summed E-state index contributed by atoms with van der Waals surface area (Å²) in [5, 5.41) is 22.0. The van der Waals surface area contributed by atoms with E-state index in [2.05, 4.69) is 82.7 Å². The molecule has 0 radical (unpaired) electrons. The molecule has 2 aliphatic heterocycles. The Hall–Kier alpha value is -5.70. The van der Waals surface area contributed by atoms with Crippen LogP contribution >= 0.6 is 23.2 Å². The van der Waals surface area contributed by atoms with Crippen LogP contribution in [-0.2, 0) is 53.2 Å². The predicted octanol–water partition coefficient (Wildman–Crippen LogP) is 14.0. The van der Waals surface area contributed by atoms with Crippen LogP contribution in [0.25, 0.3) is 0 Å². The van der Waals surface area contributed by atoms with E-state index < -0.39 is 54.6 Å². The lowest BCUT2D eigenvalue weighted by molar-refractivity contribution is 0.0454. The number of unbranched alkanes of at least 4 members (excludes halogenated alkanes) is 2. The molecule has 0 saturated heterocycles. The summed E-state index contributed by atoms with van der Waals surface area (Å²) in [4.78, 5) is 31.8. The number of benzene rings is 4. The first kappa shape index (κ1) is 74.5. The van der Waals surface area contributed by atoms with Gasteiger partial charge in [0.15, 0.2) is 0 Å². The Morgan fingerprint density at radius 3 is 1.40 bits per heavy atom. The minimum Gasteiger partial charge on any atom is -0.490 e. The van der Waals surface area contributed by atoms with Crippen LogP contribution in [-0.4, -0.2) is 128 Å². The molecule has 0 unspecified atom stereocenters. The van der Waals surface area contributed by atoms with Crippen LogP contribution < -0.4 is 28.7 Å². The lowest BCUT2D eigenvalue weighted by Crippen LogP contribution is -2.49. The maximum atomic E-state index is 13.6. The minimum absolute atomic E-state index is 0.148. The summed E-state index contributed by atoms with van der Waals surface area (Å²) in [6.07, 6.45) is 26.4. The highest BCUT2D eigenvalue weighted by Crippen LogP contribution is 2.49. The lowest BCUT2D eigenvalue weighted by Gasteiger charge is -2.45. The topological polar surface area (TPSA) is 210 Å². The van der Waals surface area contributed by atoms with E-state index in [1.54, 1.807) is 48.6 Å². The summed E-state index contributed by atoms with van der Waals surface area (Å²) in [7, 11) is -4.89. The summed E-state index contributed by atoms with van der Waals surface area (Å²) in [5.74, 6) is 0.789. The van der Waals surface area contributed by atoms with E-state index in [0.29, 0.717) is 76.6 Å². The number of nitrogens with one attached hydrogen (secondary N) is 2. The smallest absolute Gasteiger partial charge is 0.264 e. The average Bonchev–Trinajstić information content (AvgIpc) is 1.35. The highest BCUT2D eigenvalue weighted by molar-refractivity contribution is 7.91. The zero-order valence-electron chi connectivity index (χ0n) is 56.7. The molecule has 4 aromatic rings. The summed E-state index contributed by atoms with van der Waals surface area (Å²) in [6, 6.07) is 22.7. The number of ether oxygens (including phenoxy) is 4. The number of methoxy groups -OCH3 is 2. The number of anilines is 2. The largest absolute Gasteiger partial charge is 0.490 e. The molecule has 0 bridgehead atoms. The highest BCUT2D eigenvalue weighted by atomic mass is 35.5. The molecule has 524 valence electrons. The van der Waals surface area contributed by atoms with Gasteiger partial charge in [0, 0.05) is 85.6 Å². The molecule has 4 N–H and O–H groups in total. The number of sulfonamides is 2. The second-order valence-electron chi connectivity index (χ2n) is 27.5. The Kier molecular flexibility index (Phi) is 26.7. The van der Waals surface area contributed by atoms with Crippen LogP contribution in [0.1, 0.15) is 172 Å². The van der Waals surface area contributed by atoms with E-state index in [0.717, 1.165) is 111 Å². The third-order valence-corrected chi connectivity index (χ3v) is 25.0. The summed E-state index contributed by atoms with van der Waals surface area (Å²) in [6.45, 7) is 15.9. The zero-order chi connectivity index (χ0) is 68.6. The number of rotatable bonds is 30. The molecule has 2 heterocycles. The SMILES string of the molecule is C=CCC[C@@H](CCOC)S(=O)(=O)NC(=O)c1ccc2c(c1)N(C[C@@H]1CC[C@H]1[C@@H](O)/C=C/CCC)C[C@@]1(CCCc3cc(Cl)ccc31)CO2.C=CCC[C@H](CCOC)S(=O)(=O)NC(=O)c1ccc2c(c1)N(C[C@@H]1CC[C@H]1[C@@H](O)/C=C/CCC)C[C@@]1(CCCc3cc(Cl)ccc31)CO2. The average molecular weight is 1400 g/mol. The van der Waals surface area contributed by atoms with E-state index in [1.807, 2.05) is 24.3 Å². The van der Waals surface area contributed by atoms with Crippen LogP contribution in [0.15, 0.2) is 122 Å². The third-order valence-electron chi connectivity index (χ3n) is 20.9. The maximum Gasteiger partial charge on any atom is 0.264 e. The monoisotopic (exact) mass is 1400 g/mol. The number of halogens is 2. The Labute approximate surface area is 581 Å². The van der Waals surface area contributed by atoms with E-state index in [-0.39, 0.29) is 71.7 Å². The van der Waals surface area contributed by atoms with Crippen LogP contribution in [0.3, 0.4) is 0 Å². The molecule has 16 nitrogen and oxygen atoms in total. The molecule has 10 atom stereocenters. The third kappa shape index (κ3) is 18.2. The molecule has 0 aromatic heterocycles. The van der Waals surface area contributed by atoms with Crippen LogP contribution in [0, 0.1) is 23.7 Å². The number of carbonyl (C=O) groups is 2. The van der Waals surface area contributed by atoms with E-state index in [4.69, 9.17) is 42.1 Å².